The molecular formula is C32H42O6. The van der Waals surface area contributed by atoms with Crippen molar-refractivity contribution in [2.45, 2.75) is 77.8 Å². The van der Waals surface area contributed by atoms with Crippen molar-refractivity contribution in [3.8, 4) is 0 Å². The van der Waals surface area contributed by atoms with E-state index in [9.17, 15) is 0 Å². The van der Waals surface area contributed by atoms with Crippen LogP contribution in [0.5, 0.6) is 0 Å². The monoisotopic (exact) mass is 522 g/mol. The molecule has 0 amide bonds. The number of carbonyl (C=O) groups is 2. The summed E-state index contributed by atoms with van der Waals surface area (Å²) in [7, 11) is 0. The molecular weight excluding hydrogens is 480 g/mol. The molecule has 6 nitrogen and oxygen atoms in total. The Labute approximate surface area is 226 Å². The van der Waals surface area contributed by atoms with Crippen LogP contribution in [0.4, 0.5) is 0 Å². The minimum absolute atomic E-state index is 0.0249. The van der Waals surface area contributed by atoms with Gasteiger partial charge < -0.3 is 18.9 Å². The molecule has 8 atom stereocenters. The fourth-order valence-corrected chi connectivity index (χ4v) is 7.31. The Morgan fingerprint density at radius 3 is 1.32 bits per heavy atom. The molecule has 0 saturated carbocycles. The second-order valence-corrected chi connectivity index (χ2v) is 13.1. The number of epoxide rings is 4. The molecule has 8 unspecified atom stereocenters. The predicted molar refractivity (Wildman–Crippen MR) is 143 cm³/mol. The molecule has 6 aliphatic rings. The second kappa shape index (κ2) is 9.36. The van der Waals surface area contributed by atoms with E-state index in [0.29, 0.717) is 52.1 Å². The van der Waals surface area contributed by atoms with Gasteiger partial charge in [-0.25, -0.2) is 0 Å². The van der Waals surface area contributed by atoms with E-state index in [1.165, 1.54) is 0 Å². The van der Waals surface area contributed by atoms with Crippen molar-refractivity contribution < 1.29 is 28.5 Å². The van der Waals surface area contributed by atoms with E-state index in [2.05, 4.69) is 26.0 Å². The summed E-state index contributed by atoms with van der Waals surface area (Å²) in [6.45, 7) is 10.8. The van der Waals surface area contributed by atoms with Gasteiger partial charge in [-0.05, 0) is 56.8 Å². The van der Waals surface area contributed by atoms with Crippen molar-refractivity contribution in [3.63, 3.8) is 0 Å². The predicted octanol–water partition coefficient (Wildman–Crippen LogP) is 4.79. The Kier molecular flexibility index (Phi) is 6.50. The van der Waals surface area contributed by atoms with Gasteiger partial charge in [-0.2, -0.15) is 0 Å². The SMILES string of the molecule is CC1C=CC=CC1(C)C(=O)C(CC1CO1)(C(=O)C1(C)C=CC=CC1C)C(CC1CO1)(CC1CO1)CC1CO1. The van der Waals surface area contributed by atoms with Gasteiger partial charge in [0.25, 0.3) is 0 Å². The molecule has 0 aromatic carbocycles. The summed E-state index contributed by atoms with van der Waals surface area (Å²) in [4.78, 5) is 31.1. The Morgan fingerprint density at radius 1 is 0.658 bits per heavy atom. The van der Waals surface area contributed by atoms with Gasteiger partial charge in [0.1, 0.15) is 0 Å². The number of rotatable bonds is 13. The highest BCUT2D eigenvalue weighted by molar-refractivity contribution is 6.13. The van der Waals surface area contributed by atoms with Crippen LogP contribution >= 0.6 is 0 Å². The largest absolute Gasteiger partial charge is 0.373 e. The van der Waals surface area contributed by atoms with Crippen LogP contribution < -0.4 is 0 Å². The lowest BCUT2D eigenvalue weighted by Crippen LogP contribution is -2.63. The standard InChI is InChI=1S/C32H42O6/c1-21-9-5-7-11-29(21,3)27(33)32(16-26-20-38-26,28(34)30(4)12-8-6-10-22(30)2)31(13-23-17-35-23,14-24-18-36-24)15-25-19-37-25/h5-12,21-26H,13-20H2,1-4H3. The molecule has 4 heterocycles. The molecule has 2 aliphatic carbocycles. The van der Waals surface area contributed by atoms with Crippen LogP contribution in [0.15, 0.2) is 48.6 Å². The van der Waals surface area contributed by atoms with E-state index in [0.717, 1.165) is 0 Å². The van der Waals surface area contributed by atoms with Crippen LogP contribution in [0.3, 0.4) is 0 Å². The first kappa shape index (κ1) is 26.4. The number of Topliss-reactive ketones (excluding diaryl/α,β-unsaturated/α-hetero) is 2. The van der Waals surface area contributed by atoms with Gasteiger partial charge in [0.2, 0.25) is 0 Å². The van der Waals surface area contributed by atoms with Gasteiger partial charge >= 0.3 is 0 Å². The fourth-order valence-electron chi connectivity index (χ4n) is 7.31. The third kappa shape index (κ3) is 4.51. The van der Waals surface area contributed by atoms with Crippen molar-refractivity contribution in [2.75, 3.05) is 26.4 Å². The van der Waals surface area contributed by atoms with Gasteiger partial charge in [-0.1, -0.05) is 62.5 Å². The summed E-state index contributed by atoms with van der Waals surface area (Å²) in [6, 6.07) is 0. The lowest BCUT2D eigenvalue weighted by atomic mass is 9.44. The molecule has 0 aromatic rings. The number of ketones is 2. The zero-order valence-electron chi connectivity index (χ0n) is 23.2. The topological polar surface area (TPSA) is 84.3 Å². The van der Waals surface area contributed by atoms with E-state index in [1.54, 1.807) is 0 Å². The highest BCUT2D eigenvalue weighted by atomic mass is 16.6. The van der Waals surface area contributed by atoms with Gasteiger partial charge in [-0.15, -0.1) is 0 Å². The van der Waals surface area contributed by atoms with E-state index in [4.69, 9.17) is 18.9 Å². The molecule has 4 aliphatic heterocycles. The average molecular weight is 523 g/mol. The molecule has 6 rings (SSSR count). The lowest BCUT2D eigenvalue weighted by Gasteiger charge is -2.55. The van der Waals surface area contributed by atoms with Crippen LogP contribution in [-0.2, 0) is 28.5 Å². The average Bonchev–Trinajstić information content (AvgIpc) is 3.70. The van der Waals surface area contributed by atoms with Crippen molar-refractivity contribution in [1.82, 2.24) is 0 Å². The summed E-state index contributed by atoms with van der Waals surface area (Å²) in [5.41, 5.74) is -3.59. The van der Waals surface area contributed by atoms with E-state index in [1.807, 2.05) is 50.3 Å². The molecule has 0 N–H and O–H groups in total. The van der Waals surface area contributed by atoms with Crippen LogP contribution in [-0.4, -0.2) is 62.4 Å². The maximum absolute atomic E-state index is 15.6. The first-order valence-corrected chi connectivity index (χ1v) is 14.4. The third-order valence-corrected chi connectivity index (χ3v) is 10.5. The highest BCUT2D eigenvalue weighted by Crippen LogP contribution is 2.63. The zero-order valence-corrected chi connectivity index (χ0v) is 23.2. The third-order valence-electron chi connectivity index (χ3n) is 10.5. The van der Waals surface area contributed by atoms with Crippen molar-refractivity contribution in [3.05, 3.63) is 48.6 Å². The number of hydrogen-bond donors (Lipinski definition) is 0. The summed E-state index contributed by atoms with van der Waals surface area (Å²) in [6.07, 6.45) is 18.6. The normalized spacial score (nSPS) is 43.3. The van der Waals surface area contributed by atoms with E-state index < -0.39 is 21.7 Å². The van der Waals surface area contributed by atoms with Crippen LogP contribution in [0, 0.1) is 33.5 Å². The minimum Gasteiger partial charge on any atom is -0.373 e. The summed E-state index contributed by atoms with van der Waals surface area (Å²) >= 11 is 0. The molecule has 4 saturated heterocycles. The quantitative estimate of drug-likeness (QED) is 0.255. The smallest absolute Gasteiger partial charge is 0.157 e. The number of ether oxygens (including phenoxy) is 4. The molecule has 0 radical (unpaired) electrons. The lowest BCUT2D eigenvalue weighted by molar-refractivity contribution is -0.167. The van der Waals surface area contributed by atoms with E-state index >= 15 is 9.59 Å². The molecule has 0 bridgehead atoms. The molecule has 4 fully saturated rings. The maximum atomic E-state index is 15.6. The van der Waals surface area contributed by atoms with Crippen molar-refractivity contribution >= 4 is 11.6 Å². The molecule has 0 spiro atoms. The van der Waals surface area contributed by atoms with Gasteiger partial charge in [0, 0.05) is 0 Å². The van der Waals surface area contributed by atoms with Crippen LogP contribution in [0.2, 0.25) is 0 Å². The Bertz CT molecular complexity index is 997. The Morgan fingerprint density at radius 2 is 1.00 bits per heavy atom. The van der Waals surface area contributed by atoms with E-state index in [-0.39, 0.29) is 47.8 Å². The van der Waals surface area contributed by atoms with Crippen molar-refractivity contribution in [1.29, 1.82) is 0 Å². The Hall–Kier alpha value is -1.86. The maximum Gasteiger partial charge on any atom is 0.157 e. The molecule has 0 aromatic heterocycles. The van der Waals surface area contributed by atoms with Gasteiger partial charge in [0.05, 0.1) is 67.1 Å². The summed E-state index contributed by atoms with van der Waals surface area (Å²) in [5.74, 6) is -0.0269. The Balaban J connectivity index is 1.58. The number of allylic oxidation sites excluding steroid dienone is 8. The molecule has 206 valence electrons. The first-order chi connectivity index (χ1) is 18.1. The molecule has 6 heteroatoms. The number of hydrogen-bond acceptors (Lipinski definition) is 6. The summed E-state index contributed by atoms with van der Waals surface area (Å²) in [5, 5.41) is 0. The zero-order chi connectivity index (χ0) is 26.8. The molecule has 38 heavy (non-hydrogen) atoms. The van der Waals surface area contributed by atoms with Crippen LogP contribution in [0.1, 0.15) is 53.4 Å². The highest BCUT2D eigenvalue weighted by Gasteiger charge is 2.70. The fraction of sp³-hybridized carbons (Fsp3) is 0.688. The van der Waals surface area contributed by atoms with Gasteiger partial charge in [0.15, 0.2) is 11.6 Å². The summed E-state index contributed by atoms with van der Waals surface area (Å²) < 4.78 is 23.4. The van der Waals surface area contributed by atoms with Crippen molar-refractivity contribution in [2.24, 2.45) is 33.5 Å². The second-order valence-electron chi connectivity index (χ2n) is 13.1. The number of carbonyl (C=O) groups excluding carboxylic acids is 2. The van der Waals surface area contributed by atoms with Crippen LogP contribution in [0.25, 0.3) is 0 Å². The first-order valence-electron chi connectivity index (χ1n) is 14.4. The minimum atomic E-state index is -1.28. The van der Waals surface area contributed by atoms with Gasteiger partial charge in [-0.3, -0.25) is 9.59 Å².